The van der Waals surface area contributed by atoms with E-state index < -0.39 is 30.3 Å². The van der Waals surface area contributed by atoms with Gasteiger partial charge in [0, 0.05) is 12.3 Å². The Morgan fingerprint density at radius 1 is 0.824 bits per heavy atom. The van der Waals surface area contributed by atoms with Crippen LogP contribution in [0.25, 0.3) is 0 Å². The molecule has 0 spiro atoms. The zero-order valence-corrected chi connectivity index (χ0v) is 9.14. The summed E-state index contributed by atoms with van der Waals surface area (Å²) >= 11 is 0. The molecule has 2 rings (SSSR count). The first-order valence-corrected chi connectivity index (χ1v) is 5.52. The minimum absolute atomic E-state index is 0.0447. The topological polar surface area (TPSA) is 101 Å². The Hall–Kier alpha value is -1.14. The van der Waals surface area contributed by atoms with E-state index in [1.807, 2.05) is 0 Å². The Labute approximate surface area is 98.6 Å². The van der Waals surface area contributed by atoms with E-state index in [2.05, 4.69) is 0 Å². The third-order valence-corrected chi connectivity index (χ3v) is 3.29. The molecule has 5 atom stereocenters. The van der Waals surface area contributed by atoms with Gasteiger partial charge in [0.2, 0.25) is 0 Å². The van der Waals surface area contributed by atoms with Gasteiger partial charge >= 0.3 is 0 Å². The largest absolute Gasteiger partial charge is 0.508 e. The molecule has 0 heterocycles. The molecule has 5 heteroatoms. The number of aromatic hydroxyl groups is 1. The lowest BCUT2D eigenvalue weighted by Crippen LogP contribution is -2.50. The van der Waals surface area contributed by atoms with Crippen LogP contribution in [0.5, 0.6) is 5.75 Å². The number of aliphatic hydroxyl groups excluding tert-OH is 4. The fourth-order valence-corrected chi connectivity index (χ4v) is 2.30. The fraction of sp³-hybridized carbons (Fsp3) is 0.500. The summed E-state index contributed by atoms with van der Waals surface area (Å²) in [6.45, 7) is 0. The van der Waals surface area contributed by atoms with E-state index >= 15 is 0 Å². The first kappa shape index (κ1) is 12.3. The molecular weight excluding hydrogens is 224 g/mol. The van der Waals surface area contributed by atoms with Crippen molar-refractivity contribution in [3.05, 3.63) is 29.8 Å². The lowest BCUT2D eigenvalue weighted by Gasteiger charge is -2.39. The first-order valence-electron chi connectivity index (χ1n) is 5.52. The predicted octanol–water partition coefficient (Wildman–Crippen LogP) is -0.677. The van der Waals surface area contributed by atoms with Crippen LogP contribution in [0.2, 0.25) is 0 Å². The Balaban J connectivity index is 2.30. The number of hydrogen-bond acceptors (Lipinski definition) is 5. The van der Waals surface area contributed by atoms with Crippen molar-refractivity contribution < 1.29 is 25.5 Å². The molecule has 0 aliphatic heterocycles. The van der Waals surface area contributed by atoms with Gasteiger partial charge in [-0.25, -0.2) is 0 Å². The summed E-state index contributed by atoms with van der Waals surface area (Å²) in [6, 6.07) is 5.97. The van der Waals surface area contributed by atoms with Gasteiger partial charge < -0.3 is 25.5 Å². The summed E-state index contributed by atoms with van der Waals surface area (Å²) in [4.78, 5) is 0. The SMILES string of the molecule is Oc1ccc(C2[C@@H](O)[C@@H](O)C[C@@H](O)[C@H]2O)cc1. The Bertz CT molecular complexity index is 363. The van der Waals surface area contributed by atoms with E-state index in [4.69, 9.17) is 5.11 Å². The third kappa shape index (κ3) is 2.28. The fourth-order valence-electron chi connectivity index (χ4n) is 2.30. The van der Waals surface area contributed by atoms with Crippen molar-refractivity contribution in [2.75, 3.05) is 0 Å². The van der Waals surface area contributed by atoms with E-state index in [9.17, 15) is 20.4 Å². The maximum absolute atomic E-state index is 9.86. The molecule has 5 nitrogen and oxygen atoms in total. The molecule has 1 unspecified atom stereocenters. The number of rotatable bonds is 1. The normalized spacial score (nSPS) is 38.0. The van der Waals surface area contributed by atoms with Crippen LogP contribution in [0.15, 0.2) is 24.3 Å². The molecule has 0 aromatic heterocycles. The van der Waals surface area contributed by atoms with Gasteiger partial charge in [-0.05, 0) is 17.7 Å². The van der Waals surface area contributed by atoms with Gasteiger partial charge in [-0.3, -0.25) is 0 Å². The highest BCUT2D eigenvalue weighted by Gasteiger charge is 2.42. The van der Waals surface area contributed by atoms with Gasteiger partial charge in [-0.2, -0.15) is 0 Å². The van der Waals surface area contributed by atoms with Gasteiger partial charge in [-0.15, -0.1) is 0 Å². The smallest absolute Gasteiger partial charge is 0.115 e. The van der Waals surface area contributed by atoms with Crippen LogP contribution >= 0.6 is 0 Å². The Morgan fingerprint density at radius 2 is 1.29 bits per heavy atom. The number of aliphatic hydroxyl groups is 4. The summed E-state index contributed by atoms with van der Waals surface area (Å²) in [7, 11) is 0. The van der Waals surface area contributed by atoms with E-state index in [0.717, 1.165) is 0 Å². The van der Waals surface area contributed by atoms with Gasteiger partial charge in [0.25, 0.3) is 0 Å². The van der Waals surface area contributed by atoms with Crippen LogP contribution in [0.4, 0.5) is 0 Å². The molecule has 17 heavy (non-hydrogen) atoms. The van der Waals surface area contributed by atoms with Gasteiger partial charge in [0.05, 0.1) is 24.4 Å². The van der Waals surface area contributed by atoms with E-state index in [0.29, 0.717) is 5.56 Å². The molecule has 1 aliphatic rings. The van der Waals surface area contributed by atoms with E-state index in [1.165, 1.54) is 12.1 Å². The lowest BCUT2D eigenvalue weighted by atomic mass is 9.76. The van der Waals surface area contributed by atoms with Gasteiger partial charge in [0.15, 0.2) is 0 Å². The minimum Gasteiger partial charge on any atom is -0.508 e. The summed E-state index contributed by atoms with van der Waals surface area (Å²) < 4.78 is 0. The molecule has 5 N–H and O–H groups in total. The third-order valence-electron chi connectivity index (χ3n) is 3.29. The van der Waals surface area contributed by atoms with Crippen LogP contribution in [0.1, 0.15) is 17.9 Å². The molecule has 0 saturated heterocycles. The molecule has 0 radical (unpaired) electrons. The highest BCUT2D eigenvalue weighted by atomic mass is 16.4. The van der Waals surface area contributed by atoms with E-state index in [-0.39, 0.29) is 12.2 Å². The van der Waals surface area contributed by atoms with Crippen LogP contribution < -0.4 is 0 Å². The molecule has 0 amide bonds. The first-order chi connectivity index (χ1) is 8.00. The highest BCUT2D eigenvalue weighted by molar-refractivity contribution is 5.30. The Kier molecular flexibility index (Phi) is 3.35. The van der Waals surface area contributed by atoms with Gasteiger partial charge in [0.1, 0.15) is 5.75 Å². The molecule has 1 saturated carbocycles. The predicted molar refractivity (Wildman–Crippen MR) is 59.5 cm³/mol. The molecule has 1 aromatic carbocycles. The van der Waals surface area contributed by atoms with Crippen LogP contribution in [0, 0.1) is 0 Å². The van der Waals surface area contributed by atoms with Crippen molar-refractivity contribution in [2.24, 2.45) is 0 Å². The monoisotopic (exact) mass is 240 g/mol. The molecule has 1 aliphatic carbocycles. The molecule has 0 bridgehead atoms. The second-order valence-corrected chi connectivity index (χ2v) is 4.47. The van der Waals surface area contributed by atoms with Crippen molar-refractivity contribution >= 4 is 0 Å². The van der Waals surface area contributed by atoms with Crippen molar-refractivity contribution in [3.63, 3.8) is 0 Å². The summed E-state index contributed by atoms with van der Waals surface area (Å²) in [5, 5.41) is 48.1. The molecule has 1 fully saturated rings. The summed E-state index contributed by atoms with van der Waals surface area (Å²) in [5.41, 5.74) is 0.570. The standard InChI is InChI=1S/C12H16O5/c13-7-3-1-6(2-4-7)10-11(16)8(14)5-9(15)12(10)17/h1-4,8-17H,5H2/t8-,9+,10?,11-,12+. The highest BCUT2D eigenvalue weighted by Crippen LogP contribution is 2.34. The minimum atomic E-state index is -1.13. The van der Waals surface area contributed by atoms with Crippen molar-refractivity contribution in [1.82, 2.24) is 0 Å². The summed E-state index contributed by atoms with van der Waals surface area (Å²) in [6.07, 6.45) is -4.42. The zero-order chi connectivity index (χ0) is 12.6. The number of phenolic OH excluding ortho intramolecular Hbond substituents is 1. The maximum atomic E-state index is 9.86. The maximum Gasteiger partial charge on any atom is 0.115 e. The quantitative estimate of drug-likeness (QED) is 0.448. The average Bonchev–Trinajstić information content (AvgIpc) is 2.29. The van der Waals surface area contributed by atoms with E-state index in [1.54, 1.807) is 12.1 Å². The van der Waals surface area contributed by atoms with Crippen molar-refractivity contribution in [1.29, 1.82) is 0 Å². The number of hydrogen-bond donors (Lipinski definition) is 5. The molecular formula is C12H16O5. The second-order valence-electron chi connectivity index (χ2n) is 4.47. The average molecular weight is 240 g/mol. The molecule has 1 aromatic rings. The lowest BCUT2D eigenvalue weighted by molar-refractivity contribution is -0.123. The zero-order valence-electron chi connectivity index (χ0n) is 9.14. The van der Waals surface area contributed by atoms with Crippen LogP contribution in [-0.2, 0) is 0 Å². The Morgan fingerprint density at radius 3 is 1.76 bits per heavy atom. The molecule has 94 valence electrons. The van der Waals surface area contributed by atoms with Crippen molar-refractivity contribution in [2.45, 2.75) is 36.8 Å². The number of benzene rings is 1. The number of phenols is 1. The van der Waals surface area contributed by atoms with Crippen LogP contribution in [0.3, 0.4) is 0 Å². The van der Waals surface area contributed by atoms with Crippen LogP contribution in [-0.4, -0.2) is 49.9 Å². The second kappa shape index (κ2) is 4.62. The summed E-state index contributed by atoms with van der Waals surface area (Å²) in [5.74, 6) is -0.677. The van der Waals surface area contributed by atoms with Gasteiger partial charge in [-0.1, -0.05) is 12.1 Å². The van der Waals surface area contributed by atoms with Crippen molar-refractivity contribution in [3.8, 4) is 5.75 Å².